The van der Waals surface area contributed by atoms with Crippen molar-refractivity contribution in [3.8, 4) is 0 Å². The molecule has 2 rings (SSSR count). The fourth-order valence-corrected chi connectivity index (χ4v) is 3.04. The SMILES string of the molecule is C=CCn1c(C(=O)N(C)CCC(=O)O)c(C)c2cc(C(C)C)ccc21. The van der Waals surface area contributed by atoms with Gasteiger partial charge in [-0.25, -0.2) is 0 Å². The van der Waals surface area contributed by atoms with Gasteiger partial charge in [-0.3, -0.25) is 9.59 Å². The first-order valence-corrected chi connectivity index (χ1v) is 8.48. The van der Waals surface area contributed by atoms with Crippen molar-refractivity contribution in [1.82, 2.24) is 9.47 Å². The van der Waals surface area contributed by atoms with E-state index in [1.807, 2.05) is 11.5 Å². The second-order valence-corrected chi connectivity index (χ2v) is 6.67. The van der Waals surface area contributed by atoms with E-state index in [0.29, 0.717) is 18.2 Å². The van der Waals surface area contributed by atoms with Crippen LogP contribution in [0.5, 0.6) is 0 Å². The molecule has 0 fully saturated rings. The van der Waals surface area contributed by atoms with Crippen molar-refractivity contribution < 1.29 is 14.7 Å². The topological polar surface area (TPSA) is 62.5 Å². The number of allylic oxidation sites excluding steroid dienone is 1. The van der Waals surface area contributed by atoms with Crippen LogP contribution in [-0.4, -0.2) is 40.0 Å². The van der Waals surface area contributed by atoms with E-state index < -0.39 is 5.97 Å². The minimum absolute atomic E-state index is 0.0690. The first-order valence-electron chi connectivity index (χ1n) is 8.48. The highest BCUT2D eigenvalue weighted by molar-refractivity contribution is 6.01. The highest BCUT2D eigenvalue weighted by atomic mass is 16.4. The molecule has 1 amide bonds. The monoisotopic (exact) mass is 342 g/mol. The summed E-state index contributed by atoms with van der Waals surface area (Å²) in [6.07, 6.45) is 1.70. The van der Waals surface area contributed by atoms with Crippen LogP contribution in [0.3, 0.4) is 0 Å². The summed E-state index contributed by atoms with van der Waals surface area (Å²) in [5.41, 5.74) is 3.75. The Hall–Kier alpha value is -2.56. The predicted molar refractivity (Wildman–Crippen MR) is 100 cm³/mol. The van der Waals surface area contributed by atoms with Crippen LogP contribution >= 0.6 is 0 Å². The Morgan fingerprint density at radius 3 is 2.60 bits per heavy atom. The largest absolute Gasteiger partial charge is 0.481 e. The van der Waals surface area contributed by atoms with E-state index in [1.54, 1.807) is 13.1 Å². The molecule has 134 valence electrons. The van der Waals surface area contributed by atoms with E-state index in [-0.39, 0.29) is 18.9 Å². The average Bonchev–Trinajstić information content (AvgIpc) is 2.84. The molecule has 2 aromatic rings. The molecule has 0 unspecified atom stereocenters. The van der Waals surface area contributed by atoms with Gasteiger partial charge in [-0.2, -0.15) is 0 Å². The minimum atomic E-state index is -0.912. The van der Waals surface area contributed by atoms with Gasteiger partial charge in [0.25, 0.3) is 5.91 Å². The molecule has 25 heavy (non-hydrogen) atoms. The molecule has 1 heterocycles. The second kappa shape index (κ2) is 7.55. The molecule has 0 aliphatic heterocycles. The Morgan fingerprint density at radius 1 is 1.36 bits per heavy atom. The van der Waals surface area contributed by atoms with Crippen molar-refractivity contribution in [3.63, 3.8) is 0 Å². The van der Waals surface area contributed by atoms with E-state index in [4.69, 9.17) is 5.11 Å². The third kappa shape index (κ3) is 3.76. The number of carbonyl (C=O) groups is 2. The van der Waals surface area contributed by atoms with Crippen molar-refractivity contribution in [2.75, 3.05) is 13.6 Å². The zero-order chi connectivity index (χ0) is 18.7. The number of carboxylic acids is 1. The number of hydrogen-bond donors (Lipinski definition) is 1. The van der Waals surface area contributed by atoms with Crippen LogP contribution in [0.1, 0.15) is 47.8 Å². The Labute approximate surface area is 148 Å². The van der Waals surface area contributed by atoms with Crippen LogP contribution in [0, 0.1) is 6.92 Å². The van der Waals surface area contributed by atoms with E-state index >= 15 is 0 Å². The molecule has 0 radical (unpaired) electrons. The fourth-order valence-electron chi connectivity index (χ4n) is 3.04. The lowest BCUT2D eigenvalue weighted by atomic mass is 10.0. The number of nitrogens with zero attached hydrogens (tertiary/aromatic N) is 2. The number of fused-ring (bicyclic) bond motifs is 1. The van der Waals surface area contributed by atoms with Gasteiger partial charge in [0.2, 0.25) is 0 Å². The second-order valence-electron chi connectivity index (χ2n) is 6.67. The van der Waals surface area contributed by atoms with E-state index in [9.17, 15) is 9.59 Å². The highest BCUT2D eigenvalue weighted by Crippen LogP contribution is 2.29. The zero-order valence-electron chi connectivity index (χ0n) is 15.4. The van der Waals surface area contributed by atoms with Crippen molar-refractivity contribution >= 4 is 22.8 Å². The molecule has 0 saturated heterocycles. The van der Waals surface area contributed by atoms with Crippen LogP contribution in [0.15, 0.2) is 30.9 Å². The first kappa shape index (κ1) is 18.8. The molecule has 5 nitrogen and oxygen atoms in total. The molecule has 1 N–H and O–H groups in total. The molecule has 1 aromatic carbocycles. The standard InChI is InChI=1S/C20H26N2O3/c1-6-10-22-17-8-7-15(13(2)3)12-16(17)14(4)19(22)20(25)21(5)11-9-18(23)24/h6-8,12-13H,1,9-11H2,2-5H3,(H,23,24). The normalized spacial score (nSPS) is 11.1. The lowest BCUT2D eigenvalue weighted by Crippen LogP contribution is -2.31. The van der Waals surface area contributed by atoms with Gasteiger partial charge in [-0.1, -0.05) is 26.0 Å². The summed E-state index contributed by atoms with van der Waals surface area (Å²) in [5.74, 6) is -0.670. The maximum absolute atomic E-state index is 12.9. The van der Waals surface area contributed by atoms with Gasteiger partial charge in [0.15, 0.2) is 0 Å². The molecule has 0 atom stereocenters. The van der Waals surface area contributed by atoms with Crippen LogP contribution < -0.4 is 0 Å². The zero-order valence-corrected chi connectivity index (χ0v) is 15.4. The average molecular weight is 342 g/mol. The number of hydrogen-bond acceptors (Lipinski definition) is 2. The maximum Gasteiger partial charge on any atom is 0.305 e. The van der Waals surface area contributed by atoms with E-state index in [2.05, 4.69) is 38.6 Å². The number of rotatable bonds is 7. The lowest BCUT2D eigenvalue weighted by Gasteiger charge is -2.18. The fraction of sp³-hybridized carbons (Fsp3) is 0.400. The Kier molecular flexibility index (Phi) is 5.67. The number of carboxylic acid groups (broad SMARTS) is 1. The molecule has 0 bridgehead atoms. The molecule has 5 heteroatoms. The Balaban J connectivity index is 2.55. The third-order valence-electron chi connectivity index (χ3n) is 4.53. The maximum atomic E-state index is 12.9. The number of amides is 1. The highest BCUT2D eigenvalue weighted by Gasteiger charge is 2.23. The Morgan fingerprint density at radius 2 is 2.04 bits per heavy atom. The summed E-state index contributed by atoms with van der Waals surface area (Å²) >= 11 is 0. The smallest absolute Gasteiger partial charge is 0.305 e. The first-order chi connectivity index (χ1) is 11.8. The van der Waals surface area contributed by atoms with Gasteiger partial charge in [-0.15, -0.1) is 6.58 Å². The summed E-state index contributed by atoms with van der Waals surface area (Å²) < 4.78 is 1.96. The molecular weight excluding hydrogens is 316 g/mol. The van der Waals surface area contributed by atoms with E-state index in [0.717, 1.165) is 16.5 Å². The molecular formula is C20H26N2O3. The summed E-state index contributed by atoms with van der Waals surface area (Å²) in [6.45, 7) is 10.7. The van der Waals surface area contributed by atoms with Crippen molar-refractivity contribution in [1.29, 1.82) is 0 Å². The van der Waals surface area contributed by atoms with Gasteiger partial charge in [-0.05, 0) is 36.1 Å². The van der Waals surface area contributed by atoms with Gasteiger partial charge >= 0.3 is 5.97 Å². The predicted octanol–water partition coefficient (Wildman–Crippen LogP) is 3.81. The quantitative estimate of drug-likeness (QED) is 0.778. The van der Waals surface area contributed by atoms with Crippen LogP contribution in [0.4, 0.5) is 0 Å². The third-order valence-corrected chi connectivity index (χ3v) is 4.53. The molecule has 0 saturated carbocycles. The summed E-state index contributed by atoms with van der Waals surface area (Å²) in [4.78, 5) is 25.2. The van der Waals surface area contributed by atoms with Gasteiger partial charge in [0, 0.05) is 31.0 Å². The van der Waals surface area contributed by atoms with Crippen molar-refractivity contribution in [2.24, 2.45) is 0 Å². The Bertz CT molecular complexity index is 818. The van der Waals surface area contributed by atoms with Crippen LogP contribution in [0.2, 0.25) is 0 Å². The number of carbonyl (C=O) groups excluding carboxylic acids is 1. The van der Waals surface area contributed by atoms with Crippen molar-refractivity contribution in [2.45, 2.75) is 39.7 Å². The van der Waals surface area contributed by atoms with Gasteiger partial charge in [0.05, 0.1) is 6.42 Å². The summed E-state index contributed by atoms with van der Waals surface area (Å²) in [5, 5.41) is 9.91. The molecule has 0 spiro atoms. The van der Waals surface area contributed by atoms with E-state index in [1.165, 1.54) is 10.5 Å². The lowest BCUT2D eigenvalue weighted by molar-refractivity contribution is -0.137. The molecule has 0 aliphatic carbocycles. The molecule has 0 aliphatic rings. The summed E-state index contributed by atoms with van der Waals surface area (Å²) in [7, 11) is 1.64. The number of aromatic nitrogens is 1. The minimum Gasteiger partial charge on any atom is -0.481 e. The van der Waals surface area contributed by atoms with Gasteiger partial charge in [0.1, 0.15) is 5.69 Å². The van der Waals surface area contributed by atoms with Crippen molar-refractivity contribution in [3.05, 3.63) is 47.7 Å². The molecule has 1 aromatic heterocycles. The number of aryl methyl sites for hydroxylation is 1. The van der Waals surface area contributed by atoms with Crippen LogP contribution in [-0.2, 0) is 11.3 Å². The summed E-state index contributed by atoms with van der Waals surface area (Å²) in [6, 6.07) is 6.28. The number of aliphatic carboxylic acids is 1. The van der Waals surface area contributed by atoms with Gasteiger partial charge < -0.3 is 14.6 Å². The van der Waals surface area contributed by atoms with Crippen LogP contribution in [0.25, 0.3) is 10.9 Å². The number of benzene rings is 1.